The predicted octanol–water partition coefficient (Wildman–Crippen LogP) is 2.39. The van der Waals surface area contributed by atoms with E-state index in [1.54, 1.807) is 0 Å². The van der Waals surface area contributed by atoms with Gasteiger partial charge in [0.15, 0.2) is 0 Å². The average Bonchev–Trinajstić information content (AvgIpc) is 2.81. The normalized spacial score (nSPS) is 25.5. The Kier molecular flexibility index (Phi) is 3.29. The van der Waals surface area contributed by atoms with Gasteiger partial charge in [-0.05, 0) is 49.7 Å². The molecule has 1 N–H and O–H groups in total. The number of thiol groups is 1. The summed E-state index contributed by atoms with van der Waals surface area (Å²) in [5.74, 6) is 1.83. The fourth-order valence-electron chi connectivity index (χ4n) is 2.27. The van der Waals surface area contributed by atoms with E-state index in [2.05, 4.69) is 24.9 Å². The van der Waals surface area contributed by atoms with Crippen molar-refractivity contribution in [2.75, 3.05) is 5.75 Å². The topological polar surface area (TPSA) is 29.1 Å². The van der Waals surface area contributed by atoms with Crippen molar-refractivity contribution >= 4 is 18.5 Å². The zero-order valence-corrected chi connectivity index (χ0v) is 10.4. The molecule has 1 unspecified atom stereocenters. The van der Waals surface area contributed by atoms with Crippen molar-refractivity contribution in [2.24, 2.45) is 11.3 Å². The van der Waals surface area contributed by atoms with Crippen LogP contribution in [0.5, 0.6) is 0 Å². The highest BCUT2D eigenvalue weighted by molar-refractivity contribution is 7.80. The summed E-state index contributed by atoms with van der Waals surface area (Å²) < 4.78 is 0. The van der Waals surface area contributed by atoms with Crippen molar-refractivity contribution in [3.63, 3.8) is 0 Å². The predicted molar refractivity (Wildman–Crippen MR) is 65.1 cm³/mol. The lowest BCUT2D eigenvalue weighted by atomic mass is 9.80. The standard InChI is InChI=1S/C12H21NOS/c1-9(10-3-2-4-10)13-11(14)7-12(8-15)5-6-12/h9-10,15H,2-8H2,1H3,(H,13,14). The van der Waals surface area contributed by atoms with E-state index in [-0.39, 0.29) is 11.3 Å². The molecule has 3 heteroatoms. The fraction of sp³-hybridized carbons (Fsp3) is 0.917. The molecule has 2 aliphatic rings. The van der Waals surface area contributed by atoms with Crippen LogP contribution >= 0.6 is 12.6 Å². The van der Waals surface area contributed by atoms with E-state index < -0.39 is 0 Å². The van der Waals surface area contributed by atoms with Crippen molar-refractivity contribution in [2.45, 2.75) is 51.5 Å². The summed E-state index contributed by atoms with van der Waals surface area (Å²) in [7, 11) is 0. The van der Waals surface area contributed by atoms with Crippen LogP contribution in [0.3, 0.4) is 0 Å². The SMILES string of the molecule is CC(NC(=O)CC1(CS)CC1)C1CCC1. The van der Waals surface area contributed by atoms with Crippen LogP contribution in [0.4, 0.5) is 0 Å². The second-order valence-electron chi connectivity index (χ2n) is 5.38. The first-order valence-corrected chi connectivity index (χ1v) is 6.69. The molecule has 2 saturated carbocycles. The first-order valence-electron chi connectivity index (χ1n) is 6.05. The van der Waals surface area contributed by atoms with Crippen LogP contribution in [0.2, 0.25) is 0 Å². The summed E-state index contributed by atoms with van der Waals surface area (Å²) >= 11 is 4.32. The third-order valence-electron chi connectivity index (χ3n) is 4.07. The number of carbonyl (C=O) groups is 1. The molecule has 2 fully saturated rings. The molecule has 1 atom stereocenters. The molecule has 2 rings (SSSR count). The first kappa shape index (κ1) is 11.3. The van der Waals surface area contributed by atoms with Gasteiger partial charge in [0.05, 0.1) is 0 Å². The van der Waals surface area contributed by atoms with E-state index in [4.69, 9.17) is 0 Å². The van der Waals surface area contributed by atoms with Crippen molar-refractivity contribution in [3.05, 3.63) is 0 Å². The van der Waals surface area contributed by atoms with Gasteiger partial charge in [-0.1, -0.05) is 6.42 Å². The van der Waals surface area contributed by atoms with Gasteiger partial charge in [-0.25, -0.2) is 0 Å². The van der Waals surface area contributed by atoms with Gasteiger partial charge in [-0.2, -0.15) is 12.6 Å². The molecule has 2 nitrogen and oxygen atoms in total. The molecule has 0 aromatic rings. The van der Waals surface area contributed by atoms with Crippen LogP contribution in [0, 0.1) is 11.3 Å². The number of hydrogen-bond donors (Lipinski definition) is 2. The Morgan fingerprint density at radius 1 is 1.53 bits per heavy atom. The van der Waals surface area contributed by atoms with Crippen LogP contribution in [0.1, 0.15) is 45.4 Å². The quantitative estimate of drug-likeness (QED) is 0.694. The van der Waals surface area contributed by atoms with Crippen molar-refractivity contribution in [3.8, 4) is 0 Å². The first-order chi connectivity index (χ1) is 7.15. The van der Waals surface area contributed by atoms with Crippen LogP contribution in [0.15, 0.2) is 0 Å². The summed E-state index contributed by atoms with van der Waals surface area (Å²) in [6.07, 6.45) is 6.97. The van der Waals surface area contributed by atoms with Gasteiger partial charge in [0, 0.05) is 12.5 Å². The third-order valence-corrected chi connectivity index (χ3v) is 4.74. The van der Waals surface area contributed by atoms with E-state index >= 15 is 0 Å². The molecule has 0 aromatic heterocycles. The lowest BCUT2D eigenvalue weighted by molar-refractivity contribution is -0.123. The second-order valence-corrected chi connectivity index (χ2v) is 5.70. The summed E-state index contributed by atoms with van der Waals surface area (Å²) in [6, 6.07) is 0.377. The Morgan fingerprint density at radius 3 is 2.60 bits per heavy atom. The lowest BCUT2D eigenvalue weighted by Gasteiger charge is -2.32. The number of amides is 1. The molecule has 2 aliphatic carbocycles. The molecule has 0 saturated heterocycles. The Balaban J connectivity index is 1.72. The smallest absolute Gasteiger partial charge is 0.220 e. The zero-order valence-electron chi connectivity index (χ0n) is 9.46. The summed E-state index contributed by atoms with van der Waals surface area (Å²) in [5, 5.41) is 3.14. The van der Waals surface area contributed by atoms with Gasteiger partial charge in [-0.15, -0.1) is 0 Å². The molecule has 15 heavy (non-hydrogen) atoms. The Labute approximate surface area is 97.6 Å². The monoisotopic (exact) mass is 227 g/mol. The van der Waals surface area contributed by atoms with E-state index in [9.17, 15) is 4.79 Å². The molecule has 0 aliphatic heterocycles. The molecule has 86 valence electrons. The summed E-state index contributed by atoms with van der Waals surface area (Å²) in [4.78, 5) is 11.8. The van der Waals surface area contributed by atoms with Crippen LogP contribution < -0.4 is 5.32 Å². The molecule has 0 aromatic carbocycles. The molecule has 0 bridgehead atoms. The van der Waals surface area contributed by atoms with Gasteiger partial charge < -0.3 is 5.32 Å². The minimum atomic E-state index is 0.237. The molecular formula is C12H21NOS. The van der Waals surface area contributed by atoms with E-state index in [1.165, 1.54) is 32.1 Å². The van der Waals surface area contributed by atoms with Crippen molar-refractivity contribution < 1.29 is 4.79 Å². The highest BCUT2D eigenvalue weighted by Crippen LogP contribution is 2.49. The minimum Gasteiger partial charge on any atom is -0.353 e. The lowest BCUT2D eigenvalue weighted by Crippen LogP contribution is -2.41. The highest BCUT2D eigenvalue weighted by Gasteiger charge is 2.43. The maximum absolute atomic E-state index is 11.8. The van der Waals surface area contributed by atoms with E-state index in [0.717, 1.165) is 11.7 Å². The number of hydrogen-bond acceptors (Lipinski definition) is 2. The minimum absolute atomic E-state index is 0.237. The van der Waals surface area contributed by atoms with Crippen LogP contribution in [-0.4, -0.2) is 17.7 Å². The van der Waals surface area contributed by atoms with Gasteiger partial charge in [-0.3, -0.25) is 4.79 Å². The Morgan fingerprint density at radius 2 is 2.20 bits per heavy atom. The zero-order chi connectivity index (χ0) is 10.9. The maximum atomic E-state index is 11.8. The summed E-state index contributed by atoms with van der Waals surface area (Å²) in [5.41, 5.74) is 0.256. The average molecular weight is 227 g/mol. The molecule has 0 heterocycles. The number of rotatable bonds is 5. The number of carbonyl (C=O) groups excluding carboxylic acids is 1. The molecule has 0 radical (unpaired) electrons. The summed E-state index contributed by atoms with van der Waals surface area (Å²) in [6.45, 7) is 2.14. The largest absolute Gasteiger partial charge is 0.353 e. The molecule has 0 spiro atoms. The van der Waals surface area contributed by atoms with E-state index in [1.807, 2.05) is 0 Å². The van der Waals surface area contributed by atoms with Gasteiger partial charge >= 0.3 is 0 Å². The second kappa shape index (κ2) is 4.36. The van der Waals surface area contributed by atoms with Gasteiger partial charge in [0.25, 0.3) is 0 Å². The van der Waals surface area contributed by atoms with Gasteiger partial charge in [0.1, 0.15) is 0 Å². The number of nitrogens with one attached hydrogen (secondary N) is 1. The Bertz CT molecular complexity index is 246. The molecular weight excluding hydrogens is 206 g/mol. The van der Waals surface area contributed by atoms with Crippen molar-refractivity contribution in [1.82, 2.24) is 5.32 Å². The molecule has 1 amide bonds. The maximum Gasteiger partial charge on any atom is 0.220 e. The van der Waals surface area contributed by atoms with Crippen molar-refractivity contribution in [1.29, 1.82) is 0 Å². The third kappa shape index (κ3) is 2.68. The highest BCUT2D eigenvalue weighted by atomic mass is 32.1. The van der Waals surface area contributed by atoms with E-state index in [0.29, 0.717) is 12.5 Å². The van der Waals surface area contributed by atoms with Gasteiger partial charge in [0.2, 0.25) is 5.91 Å². The Hall–Kier alpha value is -0.180. The van der Waals surface area contributed by atoms with Crippen LogP contribution in [-0.2, 0) is 4.79 Å². The fourth-order valence-corrected chi connectivity index (χ4v) is 2.70. The van der Waals surface area contributed by atoms with Crippen LogP contribution in [0.25, 0.3) is 0 Å².